The highest BCUT2D eigenvalue weighted by Crippen LogP contribution is 2.25. The zero-order valence-electron chi connectivity index (χ0n) is 8.56. The van der Waals surface area contributed by atoms with Crippen LogP contribution in [0.5, 0.6) is 0 Å². The number of anilines is 1. The molecule has 1 saturated heterocycles. The van der Waals surface area contributed by atoms with E-state index in [4.69, 9.17) is 4.74 Å². The van der Waals surface area contributed by atoms with Crippen LogP contribution >= 0.6 is 0 Å². The maximum absolute atomic E-state index is 13.5. The van der Waals surface area contributed by atoms with Gasteiger partial charge in [-0.25, -0.2) is 4.39 Å². The molecule has 0 atom stereocenters. The van der Waals surface area contributed by atoms with Gasteiger partial charge in [0.05, 0.1) is 23.8 Å². The number of benzene rings is 1. The van der Waals surface area contributed by atoms with Gasteiger partial charge in [0, 0.05) is 25.2 Å². The Morgan fingerprint density at radius 2 is 2.06 bits per heavy atom. The lowest BCUT2D eigenvalue weighted by Crippen LogP contribution is -2.36. The number of nitro groups is 1. The molecule has 0 saturated carbocycles. The molecule has 0 spiro atoms. The van der Waals surface area contributed by atoms with Crippen LogP contribution in [0.1, 0.15) is 0 Å². The molecule has 1 aliphatic heterocycles. The first-order chi connectivity index (χ1) is 7.68. The Kier molecular flexibility index (Phi) is 3.00. The van der Waals surface area contributed by atoms with Crippen molar-refractivity contribution in [3.8, 4) is 0 Å². The van der Waals surface area contributed by atoms with E-state index in [0.717, 1.165) is 6.07 Å². The molecule has 6 heteroatoms. The highest BCUT2D eigenvalue weighted by atomic mass is 19.1. The summed E-state index contributed by atoms with van der Waals surface area (Å²) in [6, 6.07) is 3.56. The monoisotopic (exact) mass is 226 g/mol. The van der Waals surface area contributed by atoms with Crippen molar-refractivity contribution in [1.29, 1.82) is 0 Å². The third-order valence-electron chi connectivity index (χ3n) is 2.49. The van der Waals surface area contributed by atoms with Crippen LogP contribution in [-0.4, -0.2) is 31.2 Å². The van der Waals surface area contributed by atoms with E-state index in [1.807, 2.05) is 0 Å². The van der Waals surface area contributed by atoms with Gasteiger partial charge in [-0.15, -0.1) is 0 Å². The summed E-state index contributed by atoms with van der Waals surface area (Å²) in [5.74, 6) is -0.438. The number of nitro benzene ring substituents is 1. The van der Waals surface area contributed by atoms with Crippen LogP contribution in [-0.2, 0) is 4.74 Å². The third-order valence-corrected chi connectivity index (χ3v) is 2.49. The fourth-order valence-electron chi connectivity index (χ4n) is 1.66. The van der Waals surface area contributed by atoms with Crippen LogP contribution in [0.3, 0.4) is 0 Å². The molecule has 1 heterocycles. The number of nitrogens with zero attached hydrogens (tertiary/aromatic N) is 2. The van der Waals surface area contributed by atoms with Gasteiger partial charge in [0.25, 0.3) is 5.69 Å². The lowest BCUT2D eigenvalue weighted by molar-refractivity contribution is -0.384. The van der Waals surface area contributed by atoms with E-state index in [2.05, 4.69) is 0 Å². The van der Waals surface area contributed by atoms with E-state index in [1.54, 1.807) is 4.90 Å². The minimum Gasteiger partial charge on any atom is -0.378 e. The summed E-state index contributed by atoms with van der Waals surface area (Å²) >= 11 is 0. The Morgan fingerprint density at radius 1 is 1.38 bits per heavy atom. The minimum absolute atomic E-state index is 0.0945. The molecule has 1 aromatic carbocycles. The number of halogens is 1. The number of ether oxygens (including phenoxy) is 1. The van der Waals surface area contributed by atoms with Crippen LogP contribution in [0.4, 0.5) is 15.8 Å². The molecule has 16 heavy (non-hydrogen) atoms. The third kappa shape index (κ3) is 2.11. The highest BCUT2D eigenvalue weighted by molar-refractivity contribution is 5.54. The quantitative estimate of drug-likeness (QED) is 0.567. The first-order valence-electron chi connectivity index (χ1n) is 4.95. The van der Waals surface area contributed by atoms with Crippen molar-refractivity contribution in [2.24, 2.45) is 0 Å². The lowest BCUT2D eigenvalue weighted by Gasteiger charge is -2.28. The van der Waals surface area contributed by atoms with Gasteiger partial charge in [-0.1, -0.05) is 0 Å². The molecule has 0 radical (unpaired) electrons. The second kappa shape index (κ2) is 4.44. The standard InChI is InChI=1S/C10H11FN2O3/c11-9-2-1-8(13(14)15)7-10(9)12-3-5-16-6-4-12/h1-2,7H,3-6H2. The van der Waals surface area contributed by atoms with Gasteiger partial charge in [-0.2, -0.15) is 0 Å². The fraction of sp³-hybridized carbons (Fsp3) is 0.400. The van der Waals surface area contributed by atoms with Crippen LogP contribution in [0.25, 0.3) is 0 Å². The molecule has 2 rings (SSSR count). The maximum atomic E-state index is 13.5. The van der Waals surface area contributed by atoms with E-state index in [9.17, 15) is 14.5 Å². The van der Waals surface area contributed by atoms with Gasteiger partial charge >= 0.3 is 0 Å². The molecule has 0 unspecified atom stereocenters. The molecule has 0 aliphatic carbocycles. The van der Waals surface area contributed by atoms with Crippen LogP contribution in [0.15, 0.2) is 18.2 Å². The summed E-state index contributed by atoms with van der Waals surface area (Å²) in [5, 5.41) is 10.6. The summed E-state index contributed by atoms with van der Waals surface area (Å²) in [4.78, 5) is 11.8. The van der Waals surface area contributed by atoms with Gasteiger partial charge < -0.3 is 9.64 Å². The summed E-state index contributed by atoms with van der Waals surface area (Å²) in [6.07, 6.45) is 0. The van der Waals surface area contributed by atoms with Crippen molar-refractivity contribution >= 4 is 11.4 Å². The lowest BCUT2D eigenvalue weighted by atomic mass is 10.2. The largest absolute Gasteiger partial charge is 0.378 e. The van der Waals surface area contributed by atoms with E-state index < -0.39 is 10.7 Å². The average molecular weight is 226 g/mol. The van der Waals surface area contributed by atoms with Crippen LogP contribution < -0.4 is 4.90 Å². The van der Waals surface area contributed by atoms with Crippen molar-refractivity contribution < 1.29 is 14.1 Å². The topological polar surface area (TPSA) is 55.6 Å². The van der Waals surface area contributed by atoms with Gasteiger partial charge in [-0.05, 0) is 6.07 Å². The van der Waals surface area contributed by atoms with Crippen molar-refractivity contribution in [3.63, 3.8) is 0 Å². The molecule has 1 aliphatic rings. The summed E-state index contributed by atoms with van der Waals surface area (Å²) in [7, 11) is 0. The van der Waals surface area contributed by atoms with Gasteiger partial charge in [0.15, 0.2) is 0 Å². The number of hydrogen-bond acceptors (Lipinski definition) is 4. The van der Waals surface area contributed by atoms with E-state index in [0.29, 0.717) is 26.3 Å². The zero-order valence-corrected chi connectivity index (χ0v) is 8.56. The maximum Gasteiger partial charge on any atom is 0.271 e. The van der Waals surface area contributed by atoms with Crippen LogP contribution in [0.2, 0.25) is 0 Å². The predicted octanol–water partition coefficient (Wildman–Crippen LogP) is 1.57. The van der Waals surface area contributed by atoms with E-state index in [1.165, 1.54) is 12.1 Å². The molecule has 1 aromatic rings. The molecule has 1 fully saturated rings. The first-order valence-corrected chi connectivity index (χ1v) is 4.95. The molecular formula is C10H11FN2O3. The van der Waals surface area contributed by atoms with E-state index in [-0.39, 0.29) is 11.4 Å². The molecular weight excluding hydrogens is 215 g/mol. The Balaban J connectivity index is 2.30. The second-order valence-electron chi connectivity index (χ2n) is 3.49. The fourth-order valence-corrected chi connectivity index (χ4v) is 1.66. The van der Waals surface area contributed by atoms with Crippen molar-refractivity contribution in [2.45, 2.75) is 0 Å². The predicted molar refractivity (Wildman–Crippen MR) is 56.1 cm³/mol. The summed E-state index contributed by atoms with van der Waals surface area (Å²) < 4.78 is 18.7. The normalized spacial score (nSPS) is 16.2. The SMILES string of the molecule is O=[N+]([O-])c1ccc(F)c(N2CCOCC2)c1. The first kappa shape index (κ1) is 10.8. The Labute approximate surface area is 91.6 Å². The molecule has 86 valence electrons. The average Bonchev–Trinajstić information content (AvgIpc) is 2.30. The molecule has 0 N–H and O–H groups in total. The summed E-state index contributed by atoms with van der Waals surface area (Å²) in [6.45, 7) is 2.14. The molecule has 0 aromatic heterocycles. The number of morpholine rings is 1. The van der Waals surface area contributed by atoms with Gasteiger partial charge in [0.1, 0.15) is 5.82 Å². The summed E-state index contributed by atoms with van der Waals surface area (Å²) in [5.41, 5.74) is 0.181. The van der Waals surface area contributed by atoms with Crippen molar-refractivity contribution in [2.75, 3.05) is 31.2 Å². The number of hydrogen-bond donors (Lipinski definition) is 0. The van der Waals surface area contributed by atoms with Crippen molar-refractivity contribution in [3.05, 3.63) is 34.1 Å². The highest BCUT2D eigenvalue weighted by Gasteiger charge is 2.18. The Hall–Kier alpha value is -1.69. The van der Waals surface area contributed by atoms with Crippen LogP contribution in [0, 0.1) is 15.9 Å². The Morgan fingerprint density at radius 3 is 2.69 bits per heavy atom. The Bertz CT molecular complexity index is 405. The van der Waals surface area contributed by atoms with Crippen molar-refractivity contribution in [1.82, 2.24) is 0 Å². The molecule has 0 amide bonds. The minimum atomic E-state index is -0.524. The smallest absolute Gasteiger partial charge is 0.271 e. The van der Waals surface area contributed by atoms with Gasteiger partial charge in [0.2, 0.25) is 0 Å². The number of non-ortho nitro benzene ring substituents is 1. The second-order valence-corrected chi connectivity index (χ2v) is 3.49. The van der Waals surface area contributed by atoms with Gasteiger partial charge in [-0.3, -0.25) is 10.1 Å². The molecule has 0 bridgehead atoms. The number of rotatable bonds is 2. The van der Waals surface area contributed by atoms with E-state index >= 15 is 0 Å². The molecule has 5 nitrogen and oxygen atoms in total. The zero-order chi connectivity index (χ0) is 11.5.